The molecule has 6 nitrogen and oxygen atoms in total. The summed E-state index contributed by atoms with van der Waals surface area (Å²) in [4.78, 5) is 0. The lowest BCUT2D eigenvalue weighted by Crippen LogP contribution is -2.52. The van der Waals surface area contributed by atoms with Crippen LogP contribution in [0.5, 0.6) is 0 Å². The maximum atomic E-state index is 12.3. The zero-order chi connectivity index (χ0) is 15.5. The van der Waals surface area contributed by atoms with Crippen LogP contribution < -0.4 is 10.5 Å². The Morgan fingerprint density at radius 2 is 1.82 bits per heavy atom. The molecule has 126 valence electrons. The number of benzene rings is 1. The fraction of sp³-hybridized carbons (Fsp3) is 0.571. The van der Waals surface area contributed by atoms with Crippen molar-refractivity contribution in [2.24, 2.45) is 5.73 Å². The number of hydrogen-bond acceptors (Lipinski definition) is 4. The van der Waals surface area contributed by atoms with Crippen LogP contribution in [0.15, 0.2) is 30.3 Å². The van der Waals surface area contributed by atoms with Gasteiger partial charge in [-0.25, -0.2) is 4.72 Å². The Hall–Kier alpha value is -0.700. The standard InChI is InChI=1S/C14H23N3O3S.ClH/c1-11-9-17(10-12(2)20-11)21(18,19)16-8-14(15)13-6-4-3-5-7-13;/h3-7,11-12,14,16H,8-10,15H2,1-2H3;1H. The van der Waals surface area contributed by atoms with Gasteiger partial charge < -0.3 is 10.5 Å². The molecule has 1 aromatic rings. The lowest BCUT2D eigenvalue weighted by atomic mass is 10.1. The molecule has 1 aliphatic heterocycles. The smallest absolute Gasteiger partial charge is 0.279 e. The third-order valence-electron chi connectivity index (χ3n) is 3.44. The van der Waals surface area contributed by atoms with Crippen molar-refractivity contribution in [2.45, 2.75) is 32.1 Å². The highest BCUT2D eigenvalue weighted by molar-refractivity contribution is 7.87. The van der Waals surface area contributed by atoms with E-state index < -0.39 is 10.2 Å². The number of nitrogens with one attached hydrogen (secondary N) is 1. The summed E-state index contributed by atoms with van der Waals surface area (Å²) < 4.78 is 34.2. The summed E-state index contributed by atoms with van der Waals surface area (Å²) in [7, 11) is -3.53. The minimum absolute atomic E-state index is 0. The molecule has 2 rings (SSSR count). The quantitative estimate of drug-likeness (QED) is 0.832. The first-order chi connectivity index (χ1) is 9.88. The Morgan fingerprint density at radius 3 is 2.36 bits per heavy atom. The Bertz CT molecular complexity index is 546. The van der Waals surface area contributed by atoms with Crippen LogP contribution in [0.1, 0.15) is 25.5 Å². The van der Waals surface area contributed by atoms with E-state index in [-0.39, 0.29) is 37.2 Å². The lowest BCUT2D eigenvalue weighted by molar-refractivity contribution is -0.0443. The van der Waals surface area contributed by atoms with E-state index in [1.165, 1.54) is 4.31 Å². The summed E-state index contributed by atoms with van der Waals surface area (Å²) in [5, 5.41) is 0. The van der Waals surface area contributed by atoms with Gasteiger partial charge in [0.25, 0.3) is 10.2 Å². The molecule has 0 aromatic heterocycles. The molecule has 1 fully saturated rings. The number of halogens is 1. The zero-order valence-corrected chi connectivity index (χ0v) is 14.4. The molecule has 22 heavy (non-hydrogen) atoms. The molecule has 1 heterocycles. The van der Waals surface area contributed by atoms with Gasteiger partial charge in [-0.1, -0.05) is 30.3 Å². The molecule has 0 amide bonds. The molecule has 3 atom stereocenters. The lowest BCUT2D eigenvalue weighted by Gasteiger charge is -2.34. The van der Waals surface area contributed by atoms with Crippen LogP contribution >= 0.6 is 12.4 Å². The predicted molar refractivity (Wildman–Crippen MR) is 89.1 cm³/mol. The van der Waals surface area contributed by atoms with Crippen LogP contribution in [0, 0.1) is 0 Å². The van der Waals surface area contributed by atoms with E-state index in [1.807, 2.05) is 44.2 Å². The molecule has 1 saturated heterocycles. The van der Waals surface area contributed by atoms with Gasteiger partial charge in [0.1, 0.15) is 0 Å². The first-order valence-electron chi connectivity index (χ1n) is 7.09. The van der Waals surface area contributed by atoms with E-state index in [0.717, 1.165) is 5.56 Å². The van der Waals surface area contributed by atoms with Gasteiger partial charge in [0, 0.05) is 25.7 Å². The Kier molecular flexibility index (Phi) is 7.24. The summed E-state index contributed by atoms with van der Waals surface area (Å²) >= 11 is 0. The van der Waals surface area contributed by atoms with Crippen molar-refractivity contribution in [1.29, 1.82) is 0 Å². The topological polar surface area (TPSA) is 84.7 Å². The molecular weight excluding hydrogens is 326 g/mol. The van der Waals surface area contributed by atoms with Crippen LogP contribution in [0.25, 0.3) is 0 Å². The molecule has 0 radical (unpaired) electrons. The number of ether oxygens (including phenoxy) is 1. The molecule has 1 aromatic carbocycles. The summed E-state index contributed by atoms with van der Waals surface area (Å²) in [5.74, 6) is 0. The van der Waals surface area contributed by atoms with Gasteiger partial charge in [-0.3, -0.25) is 0 Å². The molecule has 3 N–H and O–H groups in total. The van der Waals surface area contributed by atoms with Crippen LogP contribution in [-0.2, 0) is 14.9 Å². The molecule has 0 saturated carbocycles. The summed E-state index contributed by atoms with van der Waals surface area (Å²) in [5.41, 5.74) is 6.92. The minimum atomic E-state index is -3.53. The zero-order valence-electron chi connectivity index (χ0n) is 12.8. The van der Waals surface area contributed by atoms with Crippen molar-refractivity contribution in [2.75, 3.05) is 19.6 Å². The number of nitrogens with two attached hydrogens (primary N) is 1. The highest BCUT2D eigenvalue weighted by Crippen LogP contribution is 2.14. The number of hydrogen-bond donors (Lipinski definition) is 2. The normalized spacial score (nSPS) is 24.5. The second-order valence-corrected chi connectivity index (χ2v) is 7.20. The van der Waals surface area contributed by atoms with E-state index in [1.54, 1.807) is 0 Å². The van der Waals surface area contributed by atoms with Gasteiger partial charge >= 0.3 is 0 Å². The first kappa shape index (κ1) is 19.3. The Balaban J connectivity index is 0.00000242. The first-order valence-corrected chi connectivity index (χ1v) is 8.53. The van der Waals surface area contributed by atoms with Crippen molar-refractivity contribution < 1.29 is 13.2 Å². The summed E-state index contributed by atoms with van der Waals surface area (Å²) in [6.45, 7) is 4.63. The number of rotatable bonds is 5. The molecule has 8 heteroatoms. The van der Waals surface area contributed by atoms with Crippen LogP contribution in [0.3, 0.4) is 0 Å². The fourth-order valence-electron chi connectivity index (χ4n) is 2.43. The highest BCUT2D eigenvalue weighted by Gasteiger charge is 2.30. The van der Waals surface area contributed by atoms with Crippen molar-refractivity contribution in [3.05, 3.63) is 35.9 Å². The SMILES string of the molecule is CC1CN(S(=O)(=O)NCC(N)c2ccccc2)CC(C)O1.Cl. The molecule has 0 spiro atoms. The Morgan fingerprint density at radius 1 is 1.27 bits per heavy atom. The second kappa shape index (κ2) is 8.24. The number of morpholine rings is 1. The van der Waals surface area contributed by atoms with Gasteiger partial charge in [0.2, 0.25) is 0 Å². The maximum Gasteiger partial charge on any atom is 0.279 e. The predicted octanol–water partition coefficient (Wildman–Crippen LogP) is 1.05. The van der Waals surface area contributed by atoms with E-state index in [2.05, 4.69) is 4.72 Å². The van der Waals surface area contributed by atoms with Gasteiger partial charge in [0.15, 0.2) is 0 Å². The largest absolute Gasteiger partial charge is 0.373 e. The third-order valence-corrected chi connectivity index (χ3v) is 4.95. The fourth-order valence-corrected chi connectivity index (χ4v) is 3.82. The van der Waals surface area contributed by atoms with Crippen molar-refractivity contribution in [1.82, 2.24) is 9.03 Å². The van der Waals surface area contributed by atoms with E-state index in [9.17, 15) is 8.42 Å². The Labute approximate surface area is 138 Å². The van der Waals surface area contributed by atoms with Crippen LogP contribution in [0.4, 0.5) is 0 Å². The molecule has 3 unspecified atom stereocenters. The van der Waals surface area contributed by atoms with Gasteiger partial charge in [-0.2, -0.15) is 12.7 Å². The summed E-state index contributed by atoms with van der Waals surface area (Å²) in [6.07, 6.45) is -0.207. The monoisotopic (exact) mass is 349 g/mol. The van der Waals surface area contributed by atoms with Crippen molar-refractivity contribution >= 4 is 22.6 Å². The number of nitrogens with zero attached hydrogens (tertiary/aromatic N) is 1. The average Bonchev–Trinajstić information content (AvgIpc) is 2.45. The molecule has 0 bridgehead atoms. The van der Waals surface area contributed by atoms with Crippen LogP contribution in [0.2, 0.25) is 0 Å². The van der Waals surface area contributed by atoms with Gasteiger partial charge in [-0.05, 0) is 19.4 Å². The molecule has 0 aliphatic carbocycles. The summed E-state index contributed by atoms with van der Waals surface area (Å²) in [6, 6.07) is 9.08. The molecule has 1 aliphatic rings. The average molecular weight is 350 g/mol. The molecular formula is C14H24ClN3O3S. The van der Waals surface area contributed by atoms with E-state index >= 15 is 0 Å². The second-order valence-electron chi connectivity index (χ2n) is 5.44. The van der Waals surface area contributed by atoms with Crippen LogP contribution in [-0.4, -0.2) is 44.6 Å². The van der Waals surface area contributed by atoms with E-state index in [4.69, 9.17) is 10.5 Å². The van der Waals surface area contributed by atoms with Gasteiger partial charge in [-0.15, -0.1) is 12.4 Å². The maximum absolute atomic E-state index is 12.3. The minimum Gasteiger partial charge on any atom is -0.373 e. The highest BCUT2D eigenvalue weighted by atomic mass is 35.5. The van der Waals surface area contributed by atoms with Gasteiger partial charge in [0.05, 0.1) is 12.2 Å². The third kappa shape index (κ3) is 5.19. The van der Waals surface area contributed by atoms with Crippen molar-refractivity contribution in [3.8, 4) is 0 Å². The van der Waals surface area contributed by atoms with E-state index in [0.29, 0.717) is 13.1 Å². The van der Waals surface area contributed by atoms with Crippen molar-refractivity contribution in [3.63, 3.8) is 0 Å².